The summed E-state index contributed by atoms with van der Waals surface area (Å²) in [6, 6.07) is 13.1. The van der Waals surface area contributed by atoms with Crippen molar-refractivity contribution < 1.29 is 14.4 Å². The van der Waals surface area contributed by atoms with E-state index in [2.05, 4.69) is 5.32 Å². The van der Waals surface area contributed by atoms with Crippen LogP contribution >= 0.6 is 58.2 Å². The van der Waals surface area contributed by atoms with E-state index in [9.17, 15) is 14.4 Å². The Hall–Kier alpha value is -1.44. The molecule has 0 unspecified atom stereocenters. The maximum Gasteiger partial charge on any atom is 0.262 e. The van der Waals surface area contributed by atoms with E-state index in [-0.39, 0.29) is 11.1 Å². The van der Waals surface area contributed by atoms with E-state index in [0.717, 1.165) is 16.7 Å². The maximum atomic E-state index is 12.5. The number of imide groups is 1. The Labute approximate surface area is 185 Å². The molecule has 0 aliphatic carbocycles. The summed E-state index contributed by atoms with van der Waals surface area (Å²) >= 11 is 24.9. The first-order valence-electron chi connectivity index (χ1n) is 7.90. The van der Waals surface area contributed by atoms with Crippen LogP contribution in [0.25, 0.3) is 0 Å². The highest BCUT2D eigenvalue weighted by atomic mass is 35.6. The quantitative estimate of drug-likeness (QED) is 0.297. The maximum absolute atomic E-state index is 12.5. The zero-order chi connectivity index (χ0) is 20.5. The van der Waals surface area contributed by atoms with Crippen LogP contribution in [-0.4, -0.2) is 38.3 Å². The first kappa shape index (κ1) is 21.3. The predicted molar refractivity (Wildman–Crippen MR) is 111 cm³/mol. The fourth-order valence-corrected chi connectivity index (χ4v) is 4.13. The number of hydrogen-bond acceptors (Lipinski definition) is 4. The Kier molecular flexibility index (Phi) is 6.47. The molecular formula is C18H12Cl4N2O3S. The summed E-state index contributed by atoms with van der Waals surface area (Å²) in [7, 11) is 0. The fourth-order valence-electron chi connectivity index (χ4n) is 2.55. The lowest BCUT2D eigenvalue weighted by atomic mass is 10.1. The van der Waals surface area contributed by atoms with Crippen LogP contribution in [0.2, 0.25) is 5.02 Å². The number of halogens is 4. The van der Waals surface area contributed by atoms with Crippen molar-refractivity contribution in [3.63, 3.8) is 0 Å². The van der Waals surface area contributed by atoms with E-state index in [1.807, 2.05) is 0 Å². The van der Waals surface area contributed by atoms with Crippen molar-refractivity contribution in [1.82, 2.24) is 10.2 Å². The van der Waals surface area contributed by atoms with Gasteiger partial charge in [-0.2, -0.15) is 0 Å². The van der Waals surface area contributed by atoms with Crippen molar-refractivity contribution in [2.24, 2.45) is 0 Å². The third-order valence-electron chi connectivity index (χ3n) is 3.84. The highest BCUT2D eigenvalue weighted by molar-refractivity contribution is 8.00. The molecule has 0 aromatic heterocycles. The zero-order valence-corrected chi connectivity index (χ0v) is 17.8. The van der Waals surface area contributed by atoms with Gasteiger partial charge in [0, 0.05) is 9.92 Å². The number of benzene rings is 2. The van der Waals surface area contributed by atoms with Crippen LogP contribution in [-0.2, 0) is 4.79 Å². The van der Waals surface area contributed by atoms with Gasteiger partial charge in [0.15, 0.2) is 0 Å². The smallest absolute Gasteiger partial charge is 0.262 e. The van der Waals surface area contributed by atoms with Crippen LogP contribution in [0.3, 0.4) is 0 Å². The average Bonchev–Trinajstić information content (AvgIpc) is 2.87. The number of nitrogens with zero attached hydrogens (tertiary/aromatic N) is 1. The molecule has 1 aliphatic rings. The van der Waals surface area contributed by atoms with Gasteiger partial charge < -0.3 is 5.32 Å². The monoisotopic (exact) mass is 476 g/mol. The van der Waals surface area contributed by atoms with Crippen LogP contribution in [0.5, 0.6) is 0 Å². The highest BCUT2D eigenvalue weighted by Gasteiger charge is 2.39. The molecule has 28 heavy (non-hydrogen) atoms. The summed E-state index contributed by atoms with van der Waals surface area (Å²) in [5.41, 5.74) is 0.516. The first-order chi connectivity index (χ1) is 13.2. The Balaban J connectivity index is 1.70. The van der Waals surface area contributed by atoms with Crippen molar-refractivity contribution in [2.45, 2.75) is 14.1 Å². The summed E-state index contributed by atoms with van der Waals surface area (Å²) < 4.78 is -1.83. The number of rotatable bonds is 5. The van der Waals surface area contributed by atoms with Crippen molar-refractivity contribution in [1.29, 1.82) is 0 Å². The Morgan fingerprint density at radius 3 is 2.04 bits per heavy atom. The van der Waals surface area contributed by atoms with Crippen LogP contribution in [0, 0.1) is 0 Å². The van der Waals surface area contributed by atoms with Gasteiger partial charge in [0.2, 0.25) is 9.70 Å². The molecule has 0 spiro atoms. The van der Waals surface area contributed by atoms with E-state index >= 15 is 0 Å². The van der Waals surface area contributed by atoms with Gasteiger partial charge in [-0.05, 0) is 36.4 Å². The lowest BCUT2D eigenvalue weighted by molar-refractivity contribution is -0.121. The van der Waals surface area contributed by atoms with Gasteiger partial charge in [0.25, 0.3) is 11.8 Å². The second kappa shape index (κ2) is 8.51. The van der Waals surface area contributed by atoms with Gasteiger partial charge in [0.1, 0.15) is 11.9 Å². The SMILES string of the molecule is O=C(CN1C(=O)c2ccccc2C1=O)N[C@H](Sc1ccc(Cl)cc1)C(Cl)(Cl)Cl. The van der Waals surface area contributed by atoms with E-state index in [1.54, 1.807) is 36.4 Å². The van der Waals surface area contributed by atoms with E-state index in [0.29, 0.717) is 9.92 Å². The van der Waals surface area contributed by atoms with Gasteiger partial charge in [-0.15, -0.1) is 0 Å². The topological polar surface area (TPSA) is 66.5 Å². The number of alkyl halides is 3. The van der Waals surface area contributed by atoms with E-state index < -0.39 is 33.4 Å². The molecule has 1 atom stereocenters. The molecule has 5 nitrogen and oxygen atoms in total. The molecule has 0 radical (unpaired) electrons. The number of hydrogen-bond donors (Lipinski definition) is 1. The molecule has 1 heterocycles. The molecule has 3 rings (SSSR count). The number of thioether (sulfide) groups is 1. The van der Waals surface area contributed by atoms with Gasteiger partial charge in [-0.3, -0.25) is 19.3 Å². The van der Waals surface area contributed by atoms with Gasteiger partial charge in [-0.1, -0.05) is 70.3 Å². The number of amides is 3. The Bertz CT molecular complexity index is 896. The molecule has 2 aromatic rings. The third-order valence-corrected chi connectivity index (χ3v) is 6.38. The molecule has 146 valence electrons. The van der Waals surface area contributed by atoms with Crippen molar-refractivity contribution >= 4 is 75.9 Å². The second-order valence-corrected chi connectivity index (χ2v) is 9.79. The lowest BCUT2D eigenvalue weighted by Crippen LogP contribution is -2.47. The van der Waals surface area contributed by atoms with Crippen molar-refractivity contribution in [2.75, 3.05) is 6.54 Å². The molecule has 0 saturated carbocycles. The van der Waals surface area contributed by atoms with Crippen LogP contribution < -0.4 is 5.32 Å². The summed E-state index contributed by atoms with van der Waals surface area (Å²) in [6.07, 6.45) is 0. The minimum absolute atomic E-state index is 0.258. The minimum Gasteiger partial charge on any atom is -0.338 e. The normalized spacial score (nSPS) is 14.8. The number of fused-ring (bicyclic) bond motifs is 1. The van der Waals surface area contributed by atoms with Gasteiger partial charge in [0.05, 0.1) is 11.1 Å². The lowest BCUT2D eigenvalue weighted by Gasteiger charge is -2.26. The fraction of sp³-hybridized carbons (Fsp3) is 0.167. The molecule has 0 saturated heterocycles. The number of carbonyl (C=O) groups excluding carboxylic acids is 3. The molecule has 1 N–H and O–H groups in total. The van der Waals surface area contributed by atoms with Crippen LogP contribution in [0.4, 0.5) is 0 Å². The van der Waals surface area contributed by atoms with Crippen molar-refractivity contribution in [3.8, 4) is 0 Å². The van der Waals surface area contributed by atoms with Crippen LogP contribution in [0.15, 0.2) is 53.4 Å². The summed E-state index contributed by atoms with van der Waals surface area (Å²) in [6.45, 7) is -0.481. The highest BCUT2D eigenvalue weighted by Crippen LogP contribution is 2.39. The summed E-state index contributed by atoms with van der Waals surface area (Å²) in [5.74, 6) is -1.70. The molecular weight excluding hydrogens is 466 g/mol. The largest absolute Gasteiger partial charge is 0.338 e. The second-order valence-electron chi connectivity index (χ2n) is 5.80. The van der Waals surface area contributed by atoms with E-state index in [1.165, 1.54) is 12.1 Å². The standard InChI is InChI=1S/C18H12Cl4N2O3S/c19-10-5-7-11(8-6-10)28-17(18(20,21)22)23-14(25)9-24-15(26)12-3-1-2-4-13(12)16(24)27/h1-8,17H,9H2,(H,23,25)/t17-/m1/s1. The predicted octanol–water partition coefficient (Wildman–Crippen LogP) is 4.54. The Morgan fingerprint density at radius 2 is 1.54 bits per heavy atom. The third kappa shape index (κ3) is 4.75. The zero-order valence-electron chi connectivity index (χ0n) is 14.0. The minimum atomic E-state index is -1.83. The van der Waals surface area contributed by atoms with Crippen LogP contribution in [0.1, 0.15) is 20.7 Å². The molecule has 3 amide bonds. The molecule has 0 bridgehead atoms. The molecule has 2 aromatic carbocycles. The first-order valence-corrected chi connectivity index (χ1v) is 10.3. The summed E-state index contributed by atoms with van der Waals surface area (Å²) in [5, 5.41) is 2.15. The molecule has 10 heteroatoms. The van der Waals surface area contributed by atoms with E-state index in [4.69, 9.17) is 46.4 Å². The van der Waals surface area contributed by atoms with Gasteiger partial charge in [-0.25, -0.2) is 0 Å². The molecule has 0 fully saturated rings. The Morgan fingerprint density at radius 1 is 1.00 bits per heavy atom. The van der Waals surface area contributed by atoms with Gasteiger partial charge >= 0.3 is 0 Å². The molecule has 1 aliphatic heterocycles. The average molecular weight is 478 g/mol. The number of carbonyl (C=O) groups is 3. The number of nitrogens with one attached hydrogen (secondary N) is 1. The van der Waals surface area contributed by atoms with Crippen molar-refractivity contribution in [3.05, 3.63) is 64.7 Å². The summed E-state index contributed by atoms with van der Waals surface area (Å²) in [4.78, 5) is 38.8.